The van der Waals surface area contributed by atoms with Crippen molar-refractivity contribution in [1.29, 1.82) is 0 Å². The van der Waals surface area contributed by atoms with Gasteiger partial charge in [-0.3, -0.25) is 9.48 Å². The summed E-state index contributed by atoms with van der Waals surface area (Å²) < 4.78 is 1.71. The van der Waals surface area contributed by atoms with Crippen LogP contribution in [-0.2, 0) is 11.3 Å². The van der Waals surface area contributed by atoms with Crippen molar-refractivity contribution in [1.82, 2.24) is 14.7 Å². The van der Waals surface area contributed by atoms with Crippen LogP contribution in [0.15, 0.2) is 12.3 Å². The molecule has 0 aliphatic heterocycles. The maximum Gasteiger partial charge on any atom is 0.244 e. The molecule has 0 aliphatic carbocycles. The first-order valence-electron chi connectivity index (χ1n) is 4.76. The van der Waals surface area contributed by atoms with E-state index in [-0.39, 0.29) is 11.9 Å². The van der Waals surface area contributed by atoms with Gasteiger partial charge in [-0.25, -0.2) is 0 Å². The molecule has 0 N–H and O–H groups in total. The van der Waals surface area contributed by atoms with E-state index in [1.165, 1.54) is 0 Å². The molecule has 0 saturated carbocycles. The number of rotatable bonds is 3. The van der Waals surface area contributed by atoms with Crippen LogP contribution in [0.2, 0.25) is 0 Å². The molecule has 4 heteroatoms. The summed E-state index contributed by atoms with van der Waals surface area (Å²) >= 11 is 0. The molecule has 1 amide bonds. The Kier molecular flexibility index (Phi) is 3.28. The second-order valence-electron chi connectivity index (χ2n) is 3.73. The van der Waals surface area contributed by atoms with Gasteiger partial charge in [0.1, 0.15) is 6.54 Å². The van der Waals surface area contributed by atoms with Gasteiger partial charge in [0.15, 0.2) is 0 Å². The highest BCUT2D eigenvalue weighted by Crippen LogP contribution is 2.00. The van der Waals surface area contributed by atoms with Gasteiger partial charge >= 0.3 is 0 Å². The van der Waals surface area contributed by atoms with Crippen molar-refractivity contribution in [3.63, 3.8) is 0 Å². The summed E-state index contributed by atoms with van der Waals surface area (Å²) in [5.74, 6) is 0.0896. The van der Waals surface area contributed by atoms with Gasteiger partial charge in [-0.15, -0.1) is 0 Å². The molecule has 0 unspecified atom stereocenters. The van der Waals surface area contributed by atoms with Crippen LogP contribution in [-0.4, -0.2) is 33.7 Å². The standard InChI is InChI=1S/C10H17N3O/c1-8(2)12(4)10(14)7-13-9(3)5-6-11-13/h5-6,8H,7H2,1-4H3. The minimum absolute atomic E-state index is 0.0896. The molecule has 14 heavy (non-hydrogen) atoms. The smallest absolute Gasteiger partial charge is 0.244 e. The van der Waals surface area contributed by atoms with Crippen molar-refractivity contribution in [3.05, 3.63) is 18.0 Å². The van der Waals surface area contributed by atoms with Crippen LogP contribution in [0.25, 0.3) is 0 Å². The third-order valence-corrected chi connectivity index (χ3v) is 2.38. The first-order valence-corrected chi connectivity index (χ1v) is 4.76. The van der Waals surface area contributed by atoms with Gasteiger partial charge in [-0.2, -0.15) is 5.10 Å². The molecule has 1 heterocycles. The Labute approximate surface area is 84.5 Å². The number of aromatic nitrogens is 2. The van der Waals surface area contributed by atoms with Crippen LogP contribution in [0.1, 0.15) is 19.5 Å². The topological polar surface area (TPSA) is 38.1 Å². The number of hydrogen-bond acceptors (Lipinski definition) is 2. The third-order valence-electron chi connectivity index (χ3n) is 2.38. The van der Waals surface area contributed by atoms with Gasteiger partial charge in [0.25, 0.3) is 0 Å². The van der Waals surface area contributed by atoms with Crippen molar-refractivity contribution in [2.24, 2.45) is 0 Å². The molecule has 0 aliphatic rings. The summed E-state index contributed by atoms with van der Waals surface area (Å²) in [4.78, 5) is 13.4. The normalized spacial score (nSPS) is 10.6. The molecule has 0 aromatic carbocycles. The Morgan fingerprint density at radius 2 is 2.29 bits per heavy atom. The molecule has 4 nitrogen and oxygen atoms in total. The predicted molar refractivity (Wildman–Crippen MR) is 54.9 cm³/mol. The van der Waals surface area contributed by atoms with Gasteiger partial charge in [0, 0.05) is 25.0 Å². The van der Waals surface area contributed by atoms with Crippen molar-refractivity contribution in [3.8, 4) is 0 Å². The van der Waals surface area contributed by atoms with E-state index in [1.807, 2.05) is 33.9 Å². The number of carbonyl (C=O) groups excluding carboxylic acids is 1. The van der Waals surface area contributed by atoms with Crippen LogP contribution < -0.4 is 0 Å². The van der Waals surface area contributed by atoms with Gasteiger partial charge < -0.3 is 4.90 Å². The first-order chi connectivity index (χ1) is 6.52. The largest absolute Gasteiger partial charge is 0.342 e. The Hall–Kier alpha value is -1.32. The van der Waals surface area contributed by atoms with Crippen LogP contribution in [0.4, 0.5) is 0 Å². The molecule has 78 valence electrons. The number of carbonyl (C=O) groups is 1. The fourth-order valence-electron chi connectivity index (χ4n) is 1.09. The van der Waals surface area contributed by atoms with Crippen molar-refractivity contribution in [2.45, 2.75) is 33.4 Å². The number of hydrogen-bond donors (Lipinski definition) is 0. The molecule has 0 bridgehead atoms. The monoisotopic (exact) mass is 195 g/mol. The lowest BCUT2D eigenvalue weighted by Gasteiger charge is -2.21. The van der Waals surface area contributed by atoms with E-state index >= 15 is 0 Å². The summed E-state index contributed by atoms with van der Waals surface area (Å²) in [6.07, 6.45) is 1.71. The number of likely N-dealkylation sites (N-methyl/N-ethyl adjacent to an activating group) is 1. The van der Waals surface area contributed by atoms with E-state index in [9.17, 15) is 4.79 Å². The molecule has 1 aromatic rings. The Balaban J connectivity index is 2.62. The Morgan fingerprint density at radius 1 is 1.64 bits per heavy atom. The lowest BCUT2D eigenvalue weighted by Crippen LogP contribution is -2.35. The molecule has 0 saturated heterocycles. The Morgan fingerprint density at radius 3 is 2.71 bits per heavy atom. The molecule has 1 aromatic heterocycles. The van der Waals surface area contributed by atoms with Crippen molar-refractivity contribution in [2.75, 3.05) is 7.05 Å². The second-order valence-corrected chi connectivity index (χ2v) is 3.73. The molecule has 0 atom stereocenters. The van der Waals surface area contributed by atoms with Crippen molar-refractivity contribution >= 4 is 5.91 Å². The minimum atomic E-state index is 0.0896. The summed E-state index contributed by atoms with van der Waals surface area (Å²) in [5, 5.41) is 4.07. The molecular formula is C10H17N3O. The molecule has 0 radical (unpaired) electrons. The highest BCUT2D eigenvalue weighted by molar-refractivity contribution is 5.75. The maximum absolute atomic E-state index is 11.7. The van der Waals surface area contributed by atoms with E-state index in [4.69, 9.17) is 0 Å². The molecule has 0 fully saturated rings. The van der Waals surface area contributed by atoms with Crippen LogP contribution in [0.3, 0.4) is 0 Å². The lowest BCUT2D eigenvalue weighted by molar-refractivity contribution is -0.132. The SMILES string of the molecule is Cc1ccnn1CC(=O)N(C)C(C)C. The lowest BCUT2D eigenvalue weighted by atomic mass is 10.3. The van der Waals surface area contributed by atoms with E-state index in [1.54, 1.807) is 15.8 Å². The number of nitrogens with zero attached hydrogens (tertiary/aromatic N) is 3. The quantitative estimate of drug-likeness (QED) is 0.723. The van der Waals surface area contributed by atoms with Gasteiger partial charge in [0.2, 0.25) is 5.91 Å². The fraction of sp³-hybridized carbons (Fsp3) is 0.600. The third kappa shape index (κ3) is 2.34. The zero-order chi connectivity index (χ0) is 10.7. The molecular weight excluding hydrogens is 178 g/mol. The van der Waals surface area contributed by atoms with Gasteiger partial charge in [-0.1, -0.05) is 0 Å². The van der Waals surface area contributed by atoms with E-state index in [0.717, 1.165) is 5.69 Å². The van der Waals surface area contributed by atoms with E-state index in [0.29, 0.717) is 6.54 Å². The highest BCUT2D eigenvalue weighted by atomic mass is 16.2. The number of amides is 1. The minimum Gasteiger partial charge on any atom is -0.342 e. The van der Waals surface area contributed by atoms with E-state index in [2.05, 4.69) is 5.10 Å². The van der Waals surface area contributed by atoms with Crippen LogP contribution in [0.5, 0.6) is 0 Å². The first kappa shape index (κ1) is 10.8. The van der Waals surface area contributed by atoms with E-state index < -0.39 is 0 Å². The second kappa shape index (κ2) is 4.26. The Bertz CT molecular complexity index is 317. The predicted octanol–water partition coefficient (Wildman–Crippen LogP) is 1.06. The zero-order valence-electron chi connectivity index (χ0n) is 9.19. The van der Waals surface area contributed by atoms with Gasteiger partial charge in [0.05, 0.1) is 0 Å². The zero-order valence-corrected chi connectivity index (χ0v) is 9.19. The fourth-order valence-corrected chi connectivity index (χ4v) is 1.09. The average Bonchev–Trinajstić information content (AvgIpc) is 2.50. The van der Waals surface area contributed by atoms with Crippen LogP contribution >= 0.6 is 0 Å². The number of aryl methyl sites for hydroxylation is 1. The maximum atomic E-state index is 11.7. The van der Waals surface area contributed by atoms with Gasteiger partial charge in [-0.05, 0) is 26.8 Å². The summed E-state index contributed by atoms with van der Waals surface area (Å²) in [7, 11) is 1.81. The average molecular weight is 195 g/mol. The summed E-state index contributed by atoms with van der Waals surface area (Å²) in [6, 6.07) is 2.13. The summed E-state index contributed by atoms with van der Waals surface area (Å²) in [6.45, 7) is 6.25. The van der Waals surface area contributed by atoms with Crippen molar-refractivity contribution < 1.29 is 4.79 Å². The van der Waals surface area contributed by atoms with Crippen LogP contribution in [0, 0.1) is 6.92 Å². The molecule has 1 rings (SSSR count). The highest BCUT2D eigenvalue weighted by Gasteiger charge is 2.12. The summed E-state index contributed by atoms with van der Waals surface area (Å²) in [5.41, 5.74) is 1.01. The molecule has 0 spiro atoms.